The summed E-state index contributed by atoms with van der Waals surface area (Å²) in [6.07, 6.45) is 0. The lowest BCUT2D eigenvalue weighted by Crippen LogP contribution is -2.24. The fourth-order valence-electron chi connectivity index (χ4n) is 3.01. The third-order valence-corrected chi connectivity index (χ3v) is 4.61. The first-order valence-electron chi connectivity index (χ1n) is 9.76. The van der Waals surface area contributed by atoms with E-state index in [2.05, 4.69) is 26.0 Å². The van der Waals surface area contributed by atoms with Crippen LogP contribution >= 0.6 is 0 Å². The first-order chi connectivity index (χ1) is 14.4. The fourth-order valence-corrected chi connectivity index (χ4v) is 3.01. The number of para-hydroxylation sites is 1. The van der Waals surface area contributed by atoms with E-state index in [0.29, 0.717) is 12.5 Å². The van der Waals surface area contributed by atoms with Crippen LogP contribution in [0.1, 0.15) is 26.3 Å². The lowest BCUT2D eigenvalue weighted by atomic mass is 10.1. The van der Waals surface area contributed by atoms with Crippen molar-refractivity contribution in [3.8, 4) is 5.75 Å². The van der Waals surface area contributed by atoms with Crippen LogP contribution in [0.5, 0.6) is 5.75 Å². The maximum atomic E-state index is 5.40. The molecule has 0 radical (unpaired) electrons. The van der Waals surface area contributed by atoms with E-state index in [1.165, 1.54) is 0 Å². The number of hydrogen-bond acceptors (Lipinski definition) is 7. The number of ether oxygens (including phenoxy) is 1. The van der Waals surface area contributed by atoms with Crippen molar-refractivity contribution in [1.82, 2.24) is 25.2 Å². The zero-order valence-corrected chi connectivity index (χ0v) is 17.5. The number of fused-ring (bicyclic) bond motifs is 1. The van der Waals surface area contributed by atoms with Crippen LogP contribution in [0.15, 0.2) is 54.6 Å². The Balaban J connectivity index is 1.48. The van der Waals surface area contributed by atoms with Crippen molar-refractivity contribution in [2.24, 2.45) is 0 Å². The Morgan fingerprint density at radius 2 is 1.87 bits per heavy atom. The van der Waals surface area contributed by atoms with E-state index >= 15 is 0 Å². The standard InChI is InChI=1S/C22H25N7O/c1-22(2,3)29-27-21(26-28-29)24-17-10-11-18-15(13-17)9-12-20(25-18)23-14-16-7-5-6-8-19(16)30-4/h5-13H,14H2,1-4H3,(H,23,25)(H,24,27). The summed E-state index contributed by atoms with van der Waals surface area (Å²) in [7, 11) is 1.68. The fraction of sp³-hybridized carbons (Fsp3) is 0.273. The number of benzene rings is 2. The summed E-state index contributed by atoms with van der Waals surface area (Å²) in [5, 5.41) is 20.1. The highest BCUT2D eigenvalue weighted by atomic mass is 16.5. The number of methoxy groups -OCH3 is 1. The summed E-state index contributed by atoms with van der Waals surface area (Å²) >= 11 is 0. The van der Waals surface area contributed by atoms with Gasteiger partial charge >= 0.3 is 0 Å². The van der Waals surface area contributed by atoms with Gasteiger partial charge in [0, 0.05) is 23.2 Å². The van der Waals surface area contributed by atoms with Crippen molar-refractivity contribution in [3.63, 3.8) is 0 Å². The quantitative estimate of drug-likeness (QED) is 0.495. The van der Waals surface area contributed by atoms with Crippen LogP contribution in [-0.4, -0.2) is 32.3 Å². The summed E-state index contributed by atoms with van der Waals surface area (Å²) in [5.74, 6) is 2.13. The molecule has 0 saturated heterocycles. The zero-order valence-electron chi connectivity index (χ0n) is 17.5. The molecule has 0 aliphatic rings. The Morgan fingerprint density at radius 3 is 2.63 bits per heavy atom. The van der Waals surface area contributed by atoms with Crippen molar-refractivity contribution in [2.75, 3.05) is 17.7 Å². The van der Waals surface area contributed by atoms with Gasteiger partial charge in [-0.2, -0.15) is 4.80 Å². The number of rotatable bonds is 6. The molecule has 0 amide bonds. The summed E-state index contributed by atoms with van der Waals surface area (Å²) < 4.78 is 5.40. The topological polar surface area (TPSA) is 89.8 Å². The Hall–Kier alpha value is -3.68. The predicted octanol–water partition coefficient (Wildman–Crippen LogP) is 4.34. The highest BCUT2D eigenvalue weighted by Gasteiger charge is 2.17. The molecular weight excluding hydrogens is 378 g/mol. The van der Waals surface area contributed by atoms with E-state index < -0.39 is 0 Å². The first-order valence-corrected chi connectivity index (χ1v) is 9.76. The van der Waals surface area contributed by atoms with E-state index in [1.807, 2.05) is 75.4 Å². The normalized spacial score (nSPS) is 11.5. The molecule has 0 fully saturated rings. The van der Waals surface area contributed by atoms with E-state index in [-0.39, 0.29) is 5.54 Å². The molecule has 154 valence electrons. The average Bonchev–Trinajstić information content (AvgIpc) is 3.21. The maximum absolute atomic E-state index is 5.40. The monoisotopic (exact) mass is 403 g/mol. The second kappa shape index (κ2) is 7.98. The molecule has 0 aliphatic carbocycles. The second-order valence-electron chi connectivity index (χ2n) is 7.97. The second-order valence-corrected chi connectivity index (χ2v) is 7.97. The molecule has 2 aromatic carbocycles. The predicted molar refractivity (Wildman–Crippen MR) is 118 cm³/mol. The zero-order chi connectivity index (χ0) is 21.1. The first kappa shape index (κ1) is 19.6. The van der Waals surface area contributed by atoms with Crippen LogP contribution in [0, 0.1) is 0 Å². The lowest BCUT2D eigenvalue weighted by Gasteiger charge is -2.15. The molecule has 2 N–H and O–H groups in total. The van der Waals surface area contributed by atoms with Gasteiger partial charge < -0.3 is 15.4 Å². The smallest absolute Gasteiger partial charge is 0.267 e. The molecule has 0 bridgehead atoms. The summed E-state index contributed by atoms with van der Waals surface area (Å²) in [6, 6.07) is 17.9. The van der Waals surface area contributed by atoms with Crippen molar-refractivity contribution in [1.29, 1.82) is 0 Å². The minimum absolute atomic E-state index is 0.215. The largest absolute Gasteiger partial charge is 0.496 e. The highest BCUT2D eigenvalue weighted by Crippen LogP contribution is 2.23. The van der Waals surface area contributed by atoms with Gasteiger partial charge in [0.25, 0.3) is 5.95 Å². The molecule has 4 rings (SSSR count). The molecule has 0 spiro atoms. The van der Waals surface area contributed by atoms with Gasteiger partial charge in [0.1, 0.15) is 11.6 Å². The molecule has 0 aliphatic heterocycles. The lowest BCUT2D eigenvalue weighted by molar-refractivity contribution is 0.306. The molecule has 0 atom stereocenters. The molecular formula is C22H25N7O. The summed E-state index contributed by atoms with van der Waals surface area (Å²) in [6.45, 7) is 6.72. The third kappa shape index (κ3) is 4.32. The Bertz CT molecular complexity index is 1160. The van der Waals surface area contributed by atoms with Gasteiger partial charge in [-0.05, 0) is 62.4 Å². The molecule has 0 saturated carbocycles. The molecule has 2 aromatic heterocycles. The van der Waals surface area contributed by atoms with Crippen molar-refractivity contribution in [2.45, 2.75) is 32.9 Å². The van der Waals surface area contributed by atoms with Gasteiger partial charge in [-0.15, -0.1) is 5.10 Å². The molecule has 2 heterocycles. The minimum atomic E-state index is -0.215. The molecule has 30 heavy (non-hydrogen) atoms. The SMILES string of the molecule is COc1ccccc1CNc1ccc2cc(Nc3nnn(C(C)(C)C)n3)ccc2n1. The van der Waals surface area contributed by atoms with E-state index in [0.717, 1.165) is 33.7 Å². The van der Waals surface area contributed by atoms with Gasteiger partial charge in [-0.25, -0.2) is 4.98 Å². The van der Waals surface area contributed by atoms with Crippen LogP contribution < -0.4 is 15.4 Å². The van der Waals surface area contributed by atoms with Crippen LogP contribution in [0.2, 0.25) is 0 Å². The molecule has 8 nitrogen and oxygen atoms in total. The number of tetrazole rings is 1. The van der Waals surface area contributed by atoms with Gasteiger partial charge in [0.15, 0.2) is 0 Å². The maximum Gasteiger partial charge on any atom is 0.267 e. The number of pyridine rings is 1. The van der Waals surface area contributed by atoms with Crippen molar-refractivity contribution < 1.29 is 4.74 Å². The summed E-state index contributed by atoms with van der Waals surface area (Å²) in [5.41, 5.74) is 2.65. The van der Waals surface area contributed by atoms with E-state index in [9.17, 15) is 0 Å². The van der Waals surface area contributed by atoms with E-state index in [1.54, 1.807) is 11.9 Å². The van der Waals surface area contributed by atoms with E-state index in [4.69, 9.17) is 9.72 Å². The number of nitrogens with one attached hydrogen (secondary N) is 2. The molecule has 8 heteroatoms. The Morgan fingerprint density at radius 1 is 1.03 bits per heavy atom. The molecule has 0 unspecified atom stereocenters. The van der Waals surface area contributed by atoms with Crippen molar-refractivity contribution in [3.05, 3.63) is 60.2 Å². The summed E-state index contributed by atoms with van der Waals surface area (Å²) in [4.78, 5) is 6.30. The van der Waals surface area contributed by atoms with Gasteiger partial charge in [0.05, 0.1) is 18.2 Å². The highest BCUT2D eigenvalue weighted by molar-refractivity contribution is 5.84. The van der Waals surface area contributed by atoms with Crippen LogP contribution in [-0.2, 0) is 12.1 Å². The van der Waals surface area contributed by atoms with Gasteiger partial charge in [0.2, 0.25) is 0 Å². The number of nitrogens with zero attached hydrogens (tertiary/aromatic N) is 5. The third-order valence-electron chi connectivity index (χ3n) is 4.61. The van der Waals surface area contributed by atoms with Gasteiger partial charge in [-0.1, -0.05) is 23.3 Å². The van der Waals surface area contributed by atoms with Gasteiger partial charge in [-0.3, -0.25) is 0 Å². The van der Waals surface area contributed by atoms with Crippen LogP contribution in [0.4, 0.5) is 17.5 Å². The average molecular weight is 403 g/mol. The van der Waals surface area contributed by atoms with Crippen LogP contribution in [0.25, 0.3) is 10.9 Å². The Kier molecular flexibility index (Phi) is 5.22. The van der Waals surface area contributed by atoms with Crippen molar-refractivity contribution >= 4 is 28.4 Å². The minimum Gasteiger partial charge on any atom is -0.496 e. The number of anilines is 3. The number of hydrogen-bond donors (Lipinski definition) is 2. The number of aromatic nitrogens is 5. The van der Waals surface area contributed by atoms with Crippen LogP contribution in [0.3, 0.4) is 0 Å². The Labute approximate surface area is 175 Å². The molecule has 4 aromatic rings.